The highest BCUT2D eigenvalue weighted by Crippen LogP contribution is 2.17. The first-order valence-corrected chi connectivity index (χ1v) is 22.2. The third-order valence-corrected chi connectivity index (χ3v) is 10.0. The quantitative estimate of drug-likeness (QED) is 0.0332. The van der Waals surface area contributed by atoms with Gasteiger partial charge in [0.25, 0.3) is 0 Å². The molecule has 0 aliphatic heterocycles. The van der Waals surface area contributed by atoms with Gasteiger partial charge in [0.05, 0.1) is 25.2 Å². The van der Waals surface area contributed by atoms with Gasteiger partial charge in [-0.2, -0.15) is 0 Å². The second-order valence-corrected chi connectivity index (χ2v) is 15.1. The van der Waals surface area contributed by atoms with Crippen LogP contribution in [0.5, 0.6) is 0 Å². The molecular weight excluding hydrogens is 647 g/mol. The molecule has 0 aromatic heterocycles. The number of unbranched alkanes of at least 4 members (excludes halogenated alkanes) is 23. The number of esters is 1. The fourth-order valence-electron chi connectivity index (χ4n) is 6.66. The number of ether oxygens (including phenoxy) is 1. The Morgan fingerprint density at radius 2 is 1.04 bits per heavy atom. The van der Waals surface area contributed by atoms with Crippen LogP contribution in [-0.4, -0.2) is 46.9 Å². The van der Waals surface area contributed by atoms with E-state index in [0.717, 1.165) is 64.2 Å². The van der Waals surface area contributed by atoms with Crippen LogP contribution in [0.3, 0.4) is 0 Å². The number of aliphatic hydroxyl groups excluding tert-OH is 2. The van der Waals surface area contributed by atoms with E-state index in [1.54, 1.807) is 0 Å². The predicted molar refractivity (Wildman–Crippen MR) is 222 cm³/mol. The lowest BCUT2D eigenvalue weighted by Gasteiger charge is -2.24. The second-order valence-electron chi connectivity index (χ2n) is 15.1. The number of carbonyl (C=O) groups is 2. The molecule has 0 spiro atoms. The van der Waals surface area contributed by atoms with Crippen molar-refractivity contribution in [1.29, 1.82) is 0 Å². The third-order valence-electron chi connectivity index (χ3n) is 10.0. The first-order valence-electron chi connectivity index (χ1n) is 22.2. The van der Waals surface area contributed by atoms with Crippen molar-refractivity contribution >= 4 is 11.9 Å². The number of aliphatic hydroxyl groups is 2. The summed E-state index contributed by atoms with van der Waals surface area (Å²) >= 11 is 0. The standard InChI is InChI=1S/C46H85NO5/c1-4-7-10-13-16-19-20-21-22-23-24-27-30-33-36-39-46(51)52-42(37-34-31-28-25-17-14-11-8-5-2)40-45(50)47-43(41-48)44(49)38-35-32-29-26-18-15-12-9-6-3/h7,10,13,16,19-20,42-44,48-49H,4-6,8-9,11-12,14-15,17-18,21-41H2,1-3H3,(H,47,50)/b10-7+,16-13+,20-19+. The van der Waals surface area contributed by atoms with E-state index in [2.05, 4.69) is 62.5 Å². The maximum atomic E-state index is 13.1. The van der Waals surface area contributed by atoms with Crippen molar-refractivity contribution in [3.63, 3.8) is 0 Å². The first-order chi connectivity index (χ1) is 25.5. The van der Waals surface area contributed by atoms with Gasteiger partial charge in [-0.3, -0.25) is 9.59 Å². The van der Waals surface area contributed by atoms with Crippen LogP contribution in [0, 0.1) is 0 Å². The van der Waals surface area contributed by atoms with E-state index in [-0.39, 0.29) is 24.9 Å². The molecule has 0 bridgehead atoms. The van der Waals surface area contributed by atoms with Gasteiger partial charge in [0.1, 0.15) is 6.10 Å². The van der Waals surface area contributed by atoms with Gasteiger partial charge in [-0.15, -0.1) is 0 Å². The zero-order valence-corrected chi connectivity index (χ0v) is 34.4. The molecule has 3 N–H and O–H groups in total. The lowest BCUT2D eigenvalue weighted by atomic mass is 10.0. The summed E-state index contributed by atoms with van der Waals surface area (Å²) in [6.45, 7) is 6.30. The molecule has 304 valence electrons. The van der Waals surface area contributed by atoms with Crippen molar-refractivity contribution < 1.29 is 24.5 Å². The molecule has 0 saturated heterocycles. The van der Waals surface area contributed by atoms with Gasteiger partial charge in [-0.1, -0.05) is 198 Å². The maximum absolute atomic E-state index is 13.1. The summed E-state index contributed by atoms with van der Waals surface area (Å²) in [6.07, 6.45) is 44.9. The molecule has 0 aliphatic carbocycles. The number of hydrogen-bond acceptors (Lipinski definition) is 5. The monoisotopic (exact) mass is 732 g/mol. The minimum Gasteiger partial charge on any atom is -0.462 e. The number of allylic oxidation sites excluding steroid dienone is 6. The third kappa shape index (κ3) is 35.1. The van der Waals surface area contributed by atoms with Crippen LogP contribution in [0.1, 0.15) is 220 Å². The SMILES string of the molecule is CC/C=C/C=C/C=C/CCCCCCCCCC(=O)OC(CCCCCCCCCCC)CC(=O)NC(CO)C(O)CCCCCCCCCCC. The van der Waals surface area contributed by atoms with Crippen molar-refractivity contribution in [2.45, 2.75) is 238 Å². The van der Waals surface area contributed by atoms with E-state index < -0.39 is 18.2 Å². The molecule has 3 unspecified atom stereocenters. The molecule has 0 aromatic carbocycles. The van der Waals surface area contributed by atoms with Gasteiger partial charge in [0.2, 0.25) is 5.91 Å². The summed E-state index contributed by atoms with van der Waals surface area (Å²) in [6, 6.07) is -0.697. The summed E-state index contributed by atoms with van der Waals surface area (Å²) in [4.78, 5) is 25.9. The van der Waals surface area contributed by atoms with E-state index in [4.69, 9.17) is 4.74 Å². The Balaban J connectivity index is 4.53. The van der Waals surface area contributed by atoms with Crippen molar-refractivity contribution in [3.05, 3.63) is 36.5 Å². The smallest absolute Gasteiger partial charge is 0.306 e. The van der Waals surface area contributed by atoms with Crippen molar-refractivity contribution in [2.24, 2.45) is 0 Å². The summed E-state index contributed by atoms with van der Waals surface area (Å²) in [5, 5.41) is 23.5. The Bertz CT molecular complexity index is 869. The summed E-state index contributed by atoms with van der Waals surface area (Å²) < 4.78 is 5.88. The second kappa shape index (κ2) is 40.3. The average molecular weight is 732 g/mol. The number of hydrogen-bond donors (Lipinski definition) is 3. The van der Waals surface area contributed by atoms with Crippen LogP contribution < -0.4 is 5.32 Å². The van der Waals surface area contributed by atoms with E-state index >= 15 is 0 Å². The van der Waals surface area contributed by atoms with Crippen LogP contribution in [-0.2, 0) is 14.3 Å². The molecule has 0 saturated carbocycles. The molecule has 6 nitrogen and oxygen atoms in total. The molecule has 0 rings (SSSR count). The van der Waals surface area contributed by atoms with E-state index in [0.29, 0.717) is 19.3 Å². The molecule has 52 heavy (non-hydrogen) atoms. The van der Waals surface area contributed by atoms with E-state index in [1.807, 2.05) is 0 Å². The molecule has 0 radical (unpaired) electrons. The zero-order chi connectivity index (χ0) is 38.2. The van der Waals surface area contributed by atoms with Gasteiger partial charge >= 0.3 is 5.97 Å². The summed E-state index contributed by atoms with van der Waals surface area (Å²) in [5.74, 6) is -0.487. The molecule has 0 fully saturated rings. The lowest BCUT2D eigenvalue weighted by molar-refractivity contribution is -0.151. The number of carbonyl (C=O) groups excluding carboxylic acids is 2. The minimum atomic E-state index is -0.783. The fraction of sp³-hybridized carbons (Fsp3) is 0.826. The van der Waals surface area contributed by atoms with Gasteiger partial charge in [0.15, 0.2) is 0 Å². The summed E-state index contributed by atoms with van der Waals surface area (Å²) in [7, 11) is 0. The van der Waals surface area contributed by atoms with E-state index in [1.165, 1.54) is 109 Å². The highest BCUT2D eigenvalue weighted by atomic mass is 16.5. The Labute approximate surface area is 322 Å². The molecule has 0 heterocycles. The Morgan fingerprint density at radius 1 is 0.577 bits per heavy atom. The molecule has 0 aliphatic rings. The molecule has 0 aromatic rings. The number of nitrogens with one attached hydrogen (secondary N) is 1. The fourth-order valence-corrected chi connectivity index (χ4v) is 6.66. The highest BCUT2D eigenvalue weighted by Gasteiger charge is 2.24. The first kappa shape index (κ1) is 50.1. The Kier molecular flexibility index (Phi) is 38.8. The van der Waals surface area contributed by atoms with Gasteiger partial charge in [-0.25, -0.2) is 0 Å². The zero-order valence-electron chi connectivity index (χ0n) is 34.4. The summed E-state index contributed by atoms with van der Waals surface area (Å²) in [5.41, 5.74) is 0. The van der Waals surface area contributed by atoms with Gasteiger partial charge < -0.3 is 20.3 Å². The van der Waals surface area contributed by atoms with Crippen molar-refractivity contribution in [1.82, 2.24) is 5.32 Å². The maximum Gasteiger partial charge on any atom is 0.306 e. The average Bonchev–Trinajstić information content (AvgIpc) is 3.13. The van der Waals surface area contributed by atoms with Gasteiger partial charge in [0, 0.05) is 6.42 Å². The molecule has 6 heteroatoms. The van der Waals surface area contributed by atoms with Gasteiger partial charge in [-0.05, 0) is 44.9 Å². The highest BCUT2D eigenvalue weighted by molar-refractivity contribution is 5.77. The largest absolute Gasteiger partial charge is 0.462 e. The lowest BCUT2D eigenvalue weighted by Crippen LogP contribution is -2.46. The minimum absolute atomic E-state index is 0.0748. The van der Waals surface area contributed by atoms with Crippen LogP contribution in [0.25, 0.3) is 0 Å². The van der Waals surface area contributed by atoms with Crippen molar-refractivity contribution in [3.8, 4) is 0 Å². The topological polar surface area (TPSA) is 95.9 Å². The molecule has 1 amide bonds. The Morgan fingerprint density at radius 3 is 1.56 bits per heavy atom. The molecular formula is C46H85NO5. The van der Waals surface area contributed by atoms with Crippen LogP contribution in [0.4, 0.5) is 0 Å². The van der Waals surface area contributed by atoms with Crippen molar-refractivity contribution in [2.75, 3.05) is 6.61 Å². The van der Waals surface area contributed by atoms with E-state index in [9.17, 15) is 19.8 Å². The number of rotatable bonds is 39. The predicted octanol–water partition coefficient (Wildman–Crippen LogP) is 12.6. The van der Waals surface area contributed by atoms with Crippen LogP contribution in [0.2, 0.25) is 0 Å². The number of amides is 1. The molecule has 3 atom stereocenters. The van der Waals surface area contributed by atoms with Crippen LogP contribution in [0.15, 0.2) is 36.5 Å². The normalized spacial score (nSPS) is 13.7. The van der Waals surface area contributed by atoms with Crippen LogP contribution >= 0.6 is 0 Å². The Hall–Kier alpha value is -1.92.